The number of amides is 1. The largest absolute Gasteiger partial charge is 0.341 e. The molecule has 1 fully saturated rings. The Balaban J connectivity index is 1.29. The minimum atomic E-state index is -3.59. The molecule has 1 saturated heterocycles. The van der Waals surface area contributed by atoms with Crippen molar-refractivity contribution in [2.24, 2.45) is 5.92 Å². The predicted molar refractivity (Wildman–Crippen MR) is 123 cm³/mol. The molecule has 1 aromatic heterocycles. The van der Waals surface area contributed by atoms with Crippen molar-refractivity contribution in [3.8, 4) is 11.1 Å². The average molecular weight is 468 g/mol. The lowest BCUT2D eigenvalue weighted by atomic mass is 9.97. The van der Waals surface area contributed by atoms with Crippen LogP contribution >= 0.6 is 0 Å². The molecule has 3 N–H and O–H groups in total. The number of hydrogen-bond donors (Lipinski definition) is 3. The van der Waals surface area contributed by atoms with E-state index in [9.17, 15) is 13.2 Å². The normalized spacial score (nSPS) is 14.8. The van der Waals surface area contributed by atoms with Crippen LogP contribution in [0.1, 0.15) is 23.2 Å². The van der Waals surface area contributed by atoms with Crippen molar-refractivity contribution < 1.29 is 18.4 Å². The highest BCUT2D eigenvalue weighted by Gasteiger charge is 2.23. The highest BCUT2D eigenvalue weighted by atomic mass is 32.2. The van der Waals surface area contributed by atoms with Gasteiger partial charge in [-0.2, -0.15) is 0 Å². The van der Waals surface area contributed by atoms with Crippen molar-refractivity contribution in [2.75, 3.05) is 24.5 Å². The number of benzene rings is 2. The van der Waals surface area contributed by atoms with Gasteiger partial charge in [0.2, 0.25) is 16.0 Å². The zero-order valence-electron chi connectivity index (χ0n) is 17.9. The molecule has 2 aromatic carbocycles. The molecule has 0 aliphatic carbocycles. The number of hydroxylamine groups is 1. The Kier molecular flexibility index (Phi) is 6.97. The van der Waals surface area contributed by atoms with Crippen LogP contribution in [0, 0.1) is 5.92 Å². The van der Waals surface area contributed by atoms with Gasteiger partial charge in [0.1, 0.15) is 0 Å². The summed E-state index contributed by atoms with van der Waals surface area (Å²) >= 11 is 0. The molecule has 0 atom stereocenters. The van der Waals surface area contributed by atoms with Gasteiger partial charge in [0, 0.05) is 32.0 Å². The Bertz CT molecular complexity index is 1180. The lowest BCUT2D eigenvalue weighted by molar-refractivity contribution is 0.0705. The van der Waals surface area contributed by atoms with Crippen molar-refractivity contribution in [1.82, 2.24) is 20.2 Å². The van der Waals surface area contributed by atoms with E-state index in [-0.39, 0.29) is 16.4 Å². The maximum absolute atomic E-state index is 12.7. The van der Waals surface area contributed by atoms with Crippen LogP contribution in [0.25, 0.3) is 11.1 Å². The molecule has 3 aromatic rings. The Labute approximate surface area is 192 Å². The number of carbonyl (C=O) groups excluding carboxylic acids is 1. The molecule has 0 saturated carbocycles. The molecule has 1 amide bonds. The number of nitrogens with one attached hydrogen (secondary N) is 2. The average Bonchev–Trinajstić information content (AvgIpc) is 2.88. The van der Waals surface area contributed by atoms with Crippen molar-refractivity contribution in [3.63, 3.8) is 0 Å². The number of carbonyl (C=O) groups is 1. The first-order valence-electron chi connectivity index (χ1n) is 10.6. The molecule has 0 unspecified atom stereocenters. The van der Waals surface area contributed by atoms with Gasteiger partial charge in [-0.1, -0.05) is 42.5 Å². The zero-order chi connectivity index (χ0) is 23.3. The van der Waals surface area contributed by atoms with E-state index in [1.165, 1.54) is 12.4 Å². The lowest BCUT2D eigenvalue weighted by Crippen LogP contribution is -2.39. The monoisotopic (exact) mass is 467 g/mol. The van der Waals surface area contributed by atoms with E-state index in [0.717, 1.165) is 24.0 Å². The second-order valence-electron chi connectivity index (χ2n) is 7.89. The van der Waals surface area contributed by atoms with E-state index in [4.69, 9.17) is 5.21 Å². The van der Waals surface area contributed by atoms with E-state index in [2.05, 4.69) is 14.7 Å². The van der Waals surface area contributed by atoms with Crippen LogP contribution in [-0.2, 0) is 10.0 Å². The fourth-order valence-corrected chi connectivity index (χ4v) is 4.89. The SMILES string of the molecule is O=C(NO)c1cnc(N2CCC(CNS(=O)(=O)c3ccc(-c4ccccc4)cc3)CC2)nc1. The summed E-state index contributed by atoms with van der Waals surface area (Å²) in [5.74, 6) is 0.0448. The highest BCUT2D eigenvalue weighted by Crippen LogP contribution is 2.23. The van der Waals surface area contributed by atoms with Crippen LogP contribution in [0.4, 0.5) is 5.95 Å². The number of nitrogens with zero attached hydrogens (tertiary/aromatic N) is 3. The predicted octanol–water partition coefficient (Wildman–Crippen LogP) is 2.46. The Morgan fingerprint density at radius 3 is 2.18 bits per heavy atom. The van der Waals surface area contributed by atoms with E-state index >= 15 is 0 Å². The molecule has 0 radical (unpaired) electrons. The summed E-state index contributed by atoms with van der Waals surface area (Å²) in [6, 6.07) is 16.7. The van der Waals surface area contributed by atoms with Gasteiger partial charge >= 0.3 is 0 Å². The maximum atomic E-state index is 12.7. The summed E-state index contributed by atoms with van der Waals surface area (Å²) in [5.41, 5.74) is 3.72. The van der Waals surface area contributed by atoms with Gasteiger partial charge in [-0.05, 0) is 42.0 Å². The summed E-state index contributed by atoms with van der Waals surface area (Å²) in [4.78, 5) is 22.0. The molecule has 0 spiro atoms. The Hall–Kier alpha value is -3.34. The van der Waals surface area contributed by atoms with Gasteiger partial charge < -0.3 is 4.90 Å². The molecule has 1 aliphatic heterocycles. The summed E-state index contributed by atoms with van der Waals surface area (Å²) in [5, 5.41) is 8.66. The van der Waals surface area contributed by atoms with Crippen molar-refractivity contribution in [3.05, 3.63) is 72.6 Å². The minimum Gasteiger partial charge on any atom is -0.341 e. The quantitative estimate of drug-likeness (QED) is 0.360. The van der Waals surface area contributed by atoms with Crippen molar-refractivity contribution >= 4 is 21.9 Å². The fraction of sp³-hybridized carbons (Fsp3) is 0.261. The topological polar surface area (TPSA) is 125 Å². The van der Waals surface area contributed by atoms with Crippen molar-refractivity contribution in [1.29, 1.82) is 0 Å². The number of sulfonamides is 1. The lowest BCUT2D eigenvalue weighted by Gasteiger charge is -2.32. The molecule has 2 heterocycles. The molecule has 172 valence electrons. The smallest absolute Gasteiger partial charge is 0.277 e. The highest BCUT2D eigenvalue weighted by molar-refractivity contribution is 7.89. The number of rotatable bonds is 7. The summed E-state index contributed by atoms with van der Waals surface area (Å²) in [6.45, 7) is 1.74. The molecule has 0 bridgehead atoms. The van der Waals surface area contributed by atoms with Gasteiger partial charge in [0.05, 0.1) is 10.5 Å². The maximum Gasteiger partial charge on any atom is 0.277 e. The van der Waals surface area contributed by atoms with E-state index in [0.29, 0.717) is 25.6 Å². The molecule has 1 aliphatic rings. The molecule has 9 nitrogen and oxygen atoms in total. The van der Waals surface area contributed by atoms with Crippen LogP contribution in [0.15, 0.2) is 71.9 Å². The first-order chi connectivity index (χ1) is 16.0. The minimum absolute atomic E-state index is 0.169. The van der Waals surface area contributed by atoms with Crippen LogP contribution in [0.5, 0.6) is 0 Å². The van der Waals surface area contributed by atoms with Crippen molar-refractivity contribution in [2.45, 2.75) is 17.7 Å². The van der Waals surface area contributed by atoms with Crippen LogP contribution in [-0.4, -0.2) is 49.1 Å². The van der Waals surface area contributed by atoms with Crippen LogP contribution < -0.4 is 15.1 Å². The van der Waals surface area contributed by atoms with Gasteiger partial charge in [0.15, 0.2) is 0 Å². The van der Waals surface area contributed by atoms with E-state index < -0.39 is 15.9 Å². The van der Waals surface area contributed by atoms with E-state index in [1.54, 1.807) is 17.6 Å². The number of hydrogen-bond acceptors (Lipinski definition) is 7. The van der Waals surface area contributed by atoms with Gasteiger partial charge in [-0.3, -0.25) is 10.0 Å². The zero-order valence-corrected chi connectivity index (χ0v) is 18.7. The second-order valence-corrected chi connectivity index (χ2v) is 9.65. The molecule has 4 rings (SSSR count). The molecular formula is C23H25N5O4S. The second kappa shape index (κ2) is 10.1. The van der Waals surface area contributed by atoms with Crippen LogP contribution in [0.3, 0.4) is 0 Å². The summed E-state index contributed by atoms with van der Waals surface area (Å²) < 4.78 is 28.2. The third-order valence-electron chi connectivity index (χ3n) is 5.73. The Morgan fingerprint density at radius 2 is 1.58 bits per heavy atom. The molecule has 10 heteroatoms. The molecular weight excluding hydrogens is 442 g/mol. The fourth-order valence-electron chi connectivity index (χ4n) is 3.77. The van der Waals surface area contributed by atoms with Gasteiger partial charge in [0.25, 0.3) is 5.91 Å². The Morgan fingerprint density at radius 1 is 0.970 bits per heavy atom. The summed E-state index contributed by atoms with van der Waals surface area (Å²) in [6.07, 6.45) is 4.30. The van der Waals surface area contributed by atoms with Crippen LogP contribution in [0.2, 0.25) is 0 Å². The van der Waals surface area contributed by atoms with E-state index in [1.807, 2.05) is 47.4 Å². The number of anilines is 1. The third kappa shape index (κ3) is 5.54. The number of aromatic nitrogens is 2. The summed E-state index contributed by atoms with van der Waals surface area (Å²) in [7, 11) is -3.59. The van der Waals surface area contributed by atoms with Gasteiger partial charge in [-0.25, -0.2) is 28.6 Å². The first kappa shape index (κ1) is 22.8. The first-order valence-corrected chi connectivity index (χ1v) is 12.1. The molecule has 33 heavy (non-hydrogen) atoms. The van der Waals surface area contributed by atoms with Gasteiger partial charge in [-0.15, -0.1) is 0 Å². The third-order valence-corrected chi connectivity index (χ3v) is 7.17. The standard InChI is InChI=1S/C23H25N5O4S/c29-22(27-30)20-15-24-23(25-16-20)28-12-10-17(11-13-28)14-26-33(31,32)21-8-6-19(7-9-21)18-4-2-1-3-5-18/h1-9,15-17,26,30H,10-14H2,(H,27,29). The number of piperidine rings is 1.